The smallest absolute Gasteiger partial charge is 0.433 e. The molecule has 0 fully saturated rings. The molecule has 18 nitrogen and oxygen atoms in total. The Morgan fingerprint density at radius 2 is 1.82 bits per heavy atom. The summed E-state index contributed by atoms with van der Waals surface area (Å²) in [7, 11) is -2.66. The number of pyridine rings is 1. The lowest BCUT2D eigenvalue weighted by Gasteiger charge is -2.28. The van der Waals surface area contributed by atoms with Crippen LogP contribution in [0.25, 0.3) is 0 Å². The number of terminal acetylenes is 1. The number of carboxylic acid groups (broad SMARTS) is 1. The van der Waals surface area contributed by atoms with Crippen LogP contribution in [0.1, 0.15) is 35.7 Å². The molecule has 2 aliphatic heterocycles. The summed E-state index contributed by atoms with van der Waals surface area (Å²) in [6.45, 7) is 5.05. The number of rotatable bonds is 8. The maximum Gasteiger partial charge on any atom is 0.433 e. The van der Waals surface area contributed by atoms with Crippen molar-refractivity contribution in [2.24, 2.45) is 10.4 Å². The van der Waals surface area contributed by atoms with Crippen LogP contribution in [0.3, 0.4) is 0 Å². The number of nitrogens with one attached hydrogen (secondary N) is 2. The fraction of sp³-hybridized carbons (Fsp3) is 0.312. The van der Waals surface area contributed by atoms with Gasteiger partial charge < -0.3 is 23.9 Å². The molecule has 1 aromatic carbocycles. The van der Waals surface area contributed by atoms with Crippen LogP contribution in [-0.2, 0) is 34.0 Å². The number of halogens is 4. The second-order valence-electron chi connectivity index (χ2n) is 12.4. The molecule has 0 spiro atoms. The largest absolute Gasteiger partial charge is 0.481 e. The lowest BCUT2D eigenvalue weighted by Crippen LogP contribution is -2.39. The van der Waals surface area contributed by atoms with Crippen molar-refractivity contribution in [3.05, 3.63) is 58.0 Å². The molecule has 5 heterocycles. The Bertz CT molecular complexity index is 2420. The summed E-state index contributed by atoms with van der Waals surface area (Å²) in [5.74, 6) is 0.443. The molecule has 0 aliphatic carbocycles. The lowest BCUT2D eigenvalue weighted by atomic mass is 9.92. The van der Waals surface area contributed by atoms with E-state index in [1.165, 1.54) is 53.6 Å². The molecule has 3 N–H and O–H groups in total. The zero-order valence-corrected chi connectivity index (χ0v) is 31.1. The summed E-state index contributed by atoms with van der Waals surface area (Å²) in [5.41, 5.74) is -2.07. The van der Waals surface area contributed by atoms with Gasteiger partial charge in [-0.1, -0.05) is 19.8 Å². The molecule has 0 saturated carbocycles. The Balaban J connectivity index is 0.000000216. The van der Waals surface area contributed by atoms with Crippen LogP contribution in [0.15, 0.2) is 40.4 Å². The zero-order chi connectivity index (χ0) is 41.2. The Hall–Kier alpha value is -6.35. The summed E-state index contributed by atoms with van der Waals surface area (Å²) >= 11 is 1.24. The highest BCUT2D eigenvalue weighted by Gasteiger charge is 2.37. The molecule has 0 unspecified atom stereocenters. The van der Waals surface area contributed by atoms with Crippen molar-refractivity contribution in [1.29, 1.82) is 0 Å². The quantitative estimate of drug-likeness (QED) is 0.171. The molecular formula is C32H29F4N9O9S2. The average molecular weight is 824 g/mol. The van der Waals surface area contributed by atoms with E-state index in [-0.39, 0.29) is 41.9 Å². The fourth-order valence-electron chi connectivity index (χ4n) is 5.18. The van der Waals surface area contributed by atoms with Gasteiger partial charge in [-0.2, -0.15) is 35.9 Å². The number of urea groups is 1. The summed E-state index contributed by atoms with van der Waals surface area (Å²) in [6.07, 6.45) is 1.16. The Morgan fingerprint density at radius 3 is 2.43 bits per heavy atom. The predicted molar refractivity (Wildman–Crippen MR) is 187 cm³/mol. The number of benzene rings is 1. The van der Waals surface area contributed by atoms with Gasteiger partial charge in [-0.25, -0.2) is 28.7 Å². The van der Waals surface area contributed by atoms with Crippen LogP contribution >= 0.6 is 11.5 Å². The highest BCUT2D eigenvalue weighted by Crippen LogP contribution is 2.38. The molecule has 4 aromatic rings. The van der Waals surface area contributed by atoms with Crippen molar-refractivity contribution < 1.29 is 59.7 Å². The second-order valence-corrected chi connectivity index (χ2v) is 14.7. The molecule has 0 bridgehead atoms. The van der Waals surface area contributed by atoms with E-state index >= 15 is 0 Å². The summed E-state index contributed by atoms with van der Waals surface area (Å²) < 4.78 is 100. The second kappa shape index (κ2) is 15.8. The van der Waals surface area contributed by atoms with E-state index in [1.54, 1.807) is 0 Å². The summed E-state index contributed by atoms with van der Waals surface area (Å²) in [4.78, 5) is 52.0. The number of nitrogens with zero attached hydrogens (tertiary/aromatic N) is 7. The van der Waals surface area contributed by atoms with E-state index in [1.807, 2.05) is 9.88 Å². The van der Waals surface area contributed by atoms with Crippen molar-refractivity contribution in [1.82, 2.24) is 28.6 Å². The fourth-order valence-corrected chi connectivity index (χ4v) is 6.99. The minimum atomic E-state index is -5.14. The number of carboxylic acids is 1. The maximum absolute atomic E-state index is 14.5. The van der Waals surface area contributed by atoms with Crippen LogP contribution in [0, 0.1) is 23.6 Å². The Kier molecular flexibility index (Phi) is 11.5. The van der Waals surface area contributed by atoms with Crippen LogP contribution in [0.2, 0.25) is 0 Å². The maximum atomic E-state index is 14.5. The molecule has 2 aliphatic rings. The number of alkyl halides is 3. The Morgan fingerprint density at radius 1 is 1.14 bits per heavy atom. The molecule has 3 amide bonds. The first kappa shape index (κ1) is 40.8. The average Bonchev–Trinajstić information content (AvgIpc) is 3.63. The molecule has 56 heavy (non-hydrogen) atoms. The minimum absolute atomic E-state index is 0.0623. The molecule has 0 radical (unpaired) electrons. The third-order valence-corrected chi connectivity index (χ3v) is 9.67. The summed E-state index contributed by atoms with van der Waals surface area (Å²) in [6, 6.07) is 3.18. The number of aromatic carboxylic acids is 1. The van der Waals surface area contributed by atoms with Crippen molar-refractivity contribution in [3.8, 4) is 29.9 Å². The van der Waals surface area contributed by atoms with E-state index in [0.29, 0.717) is 28.4 Å². The van der Waals surface area contributed by atoms with Crippen LogP contribution < -0.4 is 34.0 Å². The third-order valence-electron chi connectivity index (χ3n) is 7.62. The SMILES string of the molecule is C#CCN1C(=O)COc2cc(F)c(/N=c3\snc4n3CC(C)(C)C4)cc21.COc1cc(OC)nc(NC(=O)NS(=O)(=O)c2nc(C(F)(F)F)ccc2C(=O)O)n1. The molecule has 296 valence electrons. The number of amides is 3. The van der Waals surface area contributed by atoms with E-state index in [0.717, 1.165) is 18.8 Å². The highest BCUT2D eigenvalue weighted by atomic mass is 32.2. The van der Waals surface area contributed by atoms with E-state index in [2.05, 4.69) is 44.1 Å². The normalized spacial score (nSPS) is 14.7. The molecule has 0 saturated heterocycles. The van der Waals surface area contributed by atoms with Crippen LogP contribution in [0.5, 0.6) is 17.5 Å². The van der Waals surface area contributed by atoms with E-state index in [4.69, 9.17) is 25.7 Å². The van der Waals surface area contributed by atoms with Gasteiger partial charge in [-0.3, -0.25) is 15.0 Å². The number of carbonyl (C=O) groups is 3. The molecular weight excluding hydrogens is 795 g/mol. The standard InChI is InChI=1S/C18H17FN4O2S.C14H12F3N5O7S/c1-4-5-22-13-7-12(11(19)6-14(13)25-9-16(22)24)20-17-23-10-18(2,3)8-15(23)21-26-17;1-28-8-5-9(29-2)20-12(19-8)21-13(25)22-30(26,27)10-6(11(23)24)3-4-7(18-10)14(15,16)17/h1,6-7H,5,8-10H2,2-3H3;3-5H,1-2H3,(H,23,24)(H2,19,20,21,22,25)/b20-17-;. The van der Waals surface area contributed by atoms with Gasteiger partial charge in [0.15, 0.2) is 17.5 Å². The van der Waals surface area contributed by atoms with Gasteiger partial charge in [-0.05, 0) is 23.6 Å². The Labute approximate surface area is 318 Å². The molecule has 0 atom stereocenters. The predicted octanol–water partition coefficient (Wildman–Crippen LogP) is 3.37. The van der Waals surface area contributed by atoms with Crippen molar-refractivity contribution in [2.45, 2.75) is 38.0 Å². The van der Waals surface area contributed by atoms with Gasteiger partial charge in [0.25, 0.3) is 15.9 Å². The van der Waals surface area contributed by atoms with E-state index < -0.39 is 56.2 Å². The minimum Gasteiger partial charge on any atom is -0.481 e. The number of sulfonamides is 1. The molecule has 6 rings (SSSR count). The van der Waals surface area contributed by atoms with Gasteiger partial charge in [0.2, 0.25) is 22.5 Å². The van der Waals surface area contributed by atoms with Crippen molar-refractivity contribution >= 4 is 56.8 Å². The van der Waals surface area contributed by atoms with Gasteiger partial charge in [0.1, 0.15) is 23.0 Å². The monoisotopic (exact) mass is 823 g/mol. The number of ether oxygens (including phenoxy) is 3. The topological polar surface area (TPSA) is 229 Å². The van der Waals surface area contributed by atoms with Crippen LogP contribution in [-0.4, -0.2) is 82.7 Å². The van der Waals surface area contributed by atoms with Crippen LogP contribution in [0.4, 0.5) is 39.7 Å². The van der Waals surface area contributed by atoms with Crippen molar-refractivity contribution in [3.63, 3.8) is 0 Å². The first-order chi connectivity index (χ1) is 26.2. The van der Waals surface area contributed by atoms with Gasteiger partial charge in [-0.15, -0.1) is 6.42 Å². The first-order valence-corrected chi connectivity index (χ1v) is 17.9. The van der Waals surface area contributed by atoms with E-state index in [9.17, 15) is 40.4 Å². The zero-order valence-electron chi connectivity index (χ0n) is 29.5. The number of carbonyl (C=O) groups excluding carboxylic acids is 2. The highest BCUT2D eigenvalue weighted by molar-refractivity contribution is 7.90. The van der Waals surface area contributed by atoms with Gasteiger partial charge >= 0.3 is 18.2 Å². The third kappa shape index (κ3) is 9.12. The van der Waals surface area contributed by atoms with Gasteiger partial charge in [0, 0.05) is 30.6 Å². The molecule has 24 heteroatoms. The first-order valence-electron chi connectivity index (χ1n) is 15.7. The number of fused-ring (bicyclic) bond motifs is 2. The molecule has 3 aromatic heterocycles. The van der Waals surface area contributed by atoms with Gasteiger partial charge in [0.05, 0.1) is 38.1 Å². The lowest BCUT2D eigenvalue weighted by molar-refractivity contribution is -0.141. The number of methoxy groups -OCH3 is 2. The summed E-state index contributed by atoms with van der Waals surface area (Å²) in [5, 5.41) is 9.44. The van der Waals surface area contributed by atoms with Crippen molar-refractivity contribution in [2.75, 3.05) is 37.6 Å². The number of hydrogen-bond donors (Lipinski definition) is 3. The number of aromatic nitrogens is 5. The number of anilines is 2. The number of hydrogen-bond acceptors (Lipinski definition) is 14.